The zero-order valence-corrected chi connectivity index (χ0v) is 13.2. The normalized spacial score (nSPS) is 26.2. The minimum Gasteiger partial charge on any atom is -0.398 e. The molecule has 0 saturated heterocycles. The van der Waals surface area contributed by atoms with E-state index in [-0.39, 0.29) is 12.5 Å². The highest BCUT2D eigenvalue weighted by atomic mass is 79.9. The molecule has 1 aromatic carbocycles. The Labute approximate surface area is 127 Å². The molecule has 0 aromatic heterocycles. The number of hydrogen-bond acceptors (Lipinski definition) is 3. The summed E-state index contributed by atoms with van der Waals surface area (Å²) in [4.78, 5) is 12.1. The lowest BCUT2D eigenvalue weighted by molar-refractivity contribution is -0.0109. The first-order chi connectivity index (χ1) is 9.39. The van der Waals surface area contributed by atoms with E-state index in [0.29, 0.717) is 17.2 Å². The molecule has 0 radical (unpaired) electrons. The summed E-state index contributed by atoms with van der Waals surface area (Å²) in [5, 5.41) is 13.3. The third-order valence-corrected chi connectivity index (χ3v) is 4.40. The molecular formula is C15H21BrN2O2. The minimum atomic E-state index is -0.780. The van der Waals surface area contributed by atoms with Gasteiger partial charge in [-0.25, -0.2) is 0 Å². The molecule has 1 amide bonds. The van der Waals surface area contributed by atoms with Crippen LogP contribution in [0.2, 0.25) is 0 Å². The highest BCUT2D eigenvalue weighted by Gasteiger charge is 2.33. The second-order valence-electron chi connectivity index (χ2n) is 5.84. The topological polar surface area (TPSA) is 75.3 Å². The van der Waals surface area contributed by atoms with Gasteiger partial charge in [0.1, 0.15) is 0 Å². The van der Waals surface area contributed by atoms with Gasteiger partial charge in [0.2, 0.25) is 0 Å². The second-order valence-corrected chi connectivity index (χ2v) is 6.76. The first-order valence-electron chi connectivity index (χ1n) is 6.95. The molecule has 2 unspecified atom stereocenters. The van der Waals surface area contributed by atoms with Crippen molar-refractivity contribution in [1.82, 2.24) is 5.32 Å². The number of anilines is 1. The van der Waals surface area contributed by atoms with E-state index in [1.165, 1.54) is 0 Å². The number of nitrogen functional groups attached to an aromatic ring is 1. The molecule has 0 bridgehead atoms. The summed E-state index contributed by atoms with van der Waals surface area (Å²) in [5.74, 6) is 0.269. The van der Waals surface area contributed by atoms with Crippen molar-refractivity contribution >= 4 is 27.5 Å². The standard InChI is InChI=1S/C15H21BrN2O2/c1-10-3-2-6-15(20,8-10)9-18-14(19)12-5-4-11(16)7-13(12)17/h4-5,7,10,20H,2-3,6,8-9,17H2,1H3,(H,18,19). The van der Waals surface area contributed by atoms with Crippen molar-refractivity contribution in [3.8, 4) is 0 Å². The van der Waals surface area contributed by atoms with Crippen molar-refractivity contribution in [3.63, 3.8) is 0 Å². The molecule has 4 N–H and O–H groups in total. The lowest BCUT2D eigenvalue weighted by Gasteiger charge is -2.35. The maximum atomic E-state index is 12.1. The van der Waals surface area contributed by atoms with Crippen LogP contribution < -0.4 is 11.1 Å². The Balaban J connectivity index is 1.98. The Hall–Kier alpha value is -1.07. The van der Waals surface area contributed by atoms with E-state index >= 15 is 0 Å². The lowest BCUT2D eigenvalue weighted by atomic mass is 9.79. The lowest BCUT2D eigenvalue weighted by Crippen LogP contribution is -2.45. The van der Waals surface area contributed by atoms with Crippen LogP contribution in [0, 0.1) is 5.92 Å². The van der Waals surface area contributed by atoms with Crippen LogP contribution in [0.4, 0.5) is 5.69 Å². The summed E-state index contributed by atoms with van der Waals surface area (Å²) >= 11 is 3.31. The third kappa shape index (κ3) is 3.73. The second kappa shape index (κ2) is 6.14. The van der Waals surface area contributed by atoms with E-state index in [1.807, 2.05) is 0 Å². The summed E-state index contributed by atoms with van der Waals surface area (Å²) in [6.45, 7) is 2.42. The van der Waals surface area contributed by atoms with Gasteiger partial charge in [-0.15, -0.1) is 0 Å². The quantitative estimate of drug-likeness (QED) is 0.740. The first-order valence-corrected chi connectivity index (χ1v) is 7.74. The molecule has 0 heterocycles. The van der Waals surface area contributed by atoms with Crippen molar-refractivity contribution in [2.45, 2.75) is 38.2 Å². The fourth-order valence-electron chi connectivity index (χ4n) is 2.87. The van der Waals surface area contributed by atoms with Gasteiger partial charge < -0.3 is 16.2 Å². The van der Waals surface area contributed by atoms with Crippen LogP contribution in [0.25, 0.3) is 0 Å². The van der Waals surface area contributed by atoms with Crippen molar-refractivity contribution in [3.05, 3.63) is 28.2 Å². The van der Waals surface area contributed by atoms with Gasteiger partial charge in [0.25, 0.3) is 5.91 Å². The molecular weight excluding hydrogens is 320 g/mol. The number of rotatable bonds is 3. The molecule has 2 rings (SSSR count). The van der Waals surface area contributed by atoms with Gasteiger partial charge >= 0.3 is 0 Å². The van der Waals surface area contributed by atoms with Gasteiger partial charge in [0, 0.05) is 16.7 Å². The smallest absolute Gasteiger partial charge is 0.253 e. The van der Waals surface area contributed by atoms with Crippen LogP contribution in [-0.2, 0) is 0 Å². The molecule has 20 heavy (non-hydrogen) atoms. The molecule has 2 atom stereocenters. The molecule has 1 aliphatic carbocycles. The number of nitrogens with one attached hydrogen (secondary N) is 1. The summed E-state index contributed by atoms with van der Waals surface area (Å²) in [7, 11) is 0. The van der Waals surface area contributed by atoms with Crippen LogP contribution in [0.15, 0.2) is 22.7 Å². The fraction of sp³-hybridized carbons (Fsp3) is 0.533. The van der Waals surface area contributed by atoms with Gasteiger partial charge in [-0.2, -0.15) is 0 Å². The van der Waals surface area contributed by atoms with E-state index in [1.54, 1.807) is 18.2 Å². The van der Waals surface area contributed by atoms with Crippen LogP contribution >= 0.6 is 15.9 Å². The maximum Gasteiger partial charge on any atom is 0.253 e. The summed E-state index contributed by atoms with van der Waals surface area (Å²) in [6, 6.07) is 5.16. The van der Waals surface area contributed by atoms with Gasteiger partial charge in [-0.3, -0.25) is 4.79 Å². The number of hydrogen-bond donors (Lipinski definition) is 3. The fourth-order valence-corrected chi connectivity index (χ4v) is 3.25. The summed E-state index contributed by atoms with van der Waals surface area (Å²) < 4.78 is 0.839. The van der Waals surface area contributed by atoms with Gasteiger partial charge in [0.15, 0.2) is 0 Å². The number of amides is 1. The van der Waals surface area contributed by atoms with Gasteiger partial charge in [-0.05, 0) is 37.0 Å². The van der Waals surface area contributed by atoms with E-state index in [0.717, 1.165) is 30.2 Å². The molecule has 0 spiro atoms. The number of aliphatic hydroxyl groups is 1. The molecule has 110 valence electrons. The Morgan fingerprint density at radius 2 is 2.35 bits per heavy atom. The summed E-state index contributed by atoms with van der Waals surface area (Å²) in [6.07, 6.45) is 3.64. The third-order valence-electron chi connectivity index (χ3n) is 3.90. The van der Waals surface area contributed by atoms with Crippen LogP contribution in [0.3, 0.4) is 0 Å². The minimum absolute atomic E-state index is 0.235. The molecule has 1 fully saturated rings. The molecule has 0 aliphatic heterocycles. The number of nitrogens with two attached hydrogens (primary N) is 1. The van der Waals surface area contributed by atoms with Crippen molar-refractivity contribution < 1.29 is 9.90 Å². The number of carbonyl (C=O) groups is 1. The molecule has 1 aliphatic rings. The van der Waals surface area contributed by atoms with Gasteiger partial charge in [0.05, 0.1) is 11.2 Å². The Bertz CT molecular complexity index is 507. The van der Waals surface area contributed by atoms with Crippen molar-refractivity contribution in [2.24, 2.45) is 5.92 Å². The average molecular weight is 341 g/mol. The number of benzene rings is 1. The Kier molecular flexibility index (Phi) is 4.70. The zero-order valence-electron chi connectivity index (χ0n) is 11.7. The number of halogens is 1. The van der Waals surface area contributed by atoms with E-state index in [9.17, 15) is 9.90 Å². The Morgan fingerprint density at radius 3 is 3.00 bits per heavy atom. The predicted molar refractivity (Wildman–Crippen MR) is 83.5 cm³/mol. The van der Waals surface area contributed by atoms with Crippen LogP contribution in [-0.4, -0.2) is 23.2 Å². The monoisotopic (exact) mass is 340 g/mol. The SMILES string of the molecule is CC1CCCC(O)(CNC(=O)c2ccc(Br)cc2N)C1. The maximum absolute atomic E-state index is 12.1. The van der Waals surface area contributed by atoms with Crippen molar-refractivity contribution in [2.75, 3.05) is 12.3 Å². The van der Waals surface area contributed by atoms with Crippen LogP contribution in [0.5, 0.6) is 0 Å². The Morgan fingerprint density at radius 1 is 1.60 bits per heavy atom. The zero-order chi connectivity index (χ0) is 14.8. The van der Waals surface area contributed by atoms with E-state index in [4.69, 9.17) is 5.73 Å². The molecule has 5 heteroatoms. The highest BCUT2D eigenvalue weighted by Crippen LogP contribution is 2.31. The van der Waals surface area contributed by atoms with Crippen LogP contribution in [0.1, 0.15) is 43.0 Å². The average Bonchev–Trinajstić information content (AvgIpc) is 2.36. The molecule has 1 aromatic rings. The summed E-state index contributed by atoms with van der Waals surface area (Å²) in [5.41, 5.74) is 5.93. The van der Waals surface area contributed by atoms with Gasteiger partial charge in [-0.1, -0.05) is 35.7 Å². The molecule has 1 saturated carbocycles. The largest absolute Gasteiger partial charge is 0.398 e. The van der Waals surface area contributed by atoms with Crippen molar-refractivity contribution in [1.29, 1.82) is 0 Å². The molecule has 4 nitrogen and oxygen atoms in total. The van der Waals surface area contributed by atoms with E-state index < -0.39 is 5.60 Å². The number of carbonyl (C=O) groups excluding carboxylic acids is 1. The predicted octanol–water partition coefficient (Wildman–Crippen LogP) is 2.70. The van der Waals surface area contributed by atoms with E-state index in [2.05, 4.69) is 28.2 Å². The first kappa shape index (κ1) is 15.3. The highest BCUT2D eigenvalue weighted by molar-refractivity contribution is 9.10.